The zero-order chi connectivity index (χ0) is 16.2. The van der Waals surface area contributed by atoms with Crippen molar-refractivity contribution in [2.75, 3.05) is 0 Å². The number of ketones is 2. The molecular weight excluding hydrogens is 286 g/mol. The van der Waals surface area contributed by atoms with E-state index in [1.807, 2.05) is 25.1 Å². The van der Waals surface area contributed by atoms with Crippen molar-refractivity contribution < 1.29 is 9.59 Å². The van der Waals surface area contributed by atoms with Gasteiger partial charge in [0.1, 0.15) is 0 Å². The van der Waals surface area contributed by atoms with E-state index >= 15 is 0 Å². The van der Waals surface area contributed by atoms with Crippen LogP contribution in [0.5, 0.6) is 0 Å². The summed E-state index contributed by atoms with van der Waals surface area (Å²) >= 11 is 0. The molecule has 0 saturated heterocycles. The lowest BCUT2D eigenvalue weighted by Crippen LogP contribution is -2.20. The predicted molar refractivity (Wildman–Crippen MR) is 88.7 cm³/mol. The highest BCUT2D eigenvalue weighted by atomic mass is 16.1. The number of hydrogen-bond acceptors (Lipinski definition) is 3. The van der Waals surface area contributed by atoms with E-state index in [2.05, 4.69) is 4.98 Å². The Balaban J connectivity index is 0.000000188. The summed E-state index contributed by atoms with van der Waals surface area (Å²) in [5, 5.41) is 0. The summed E-state index contributed by atoms with van der Waals surface area (Å²) in [5.41, 5.74) is 3.09. The molecule has 0 radical (unpaired) electrons. The number of aryl methyl sites for hydroxylation is 1. The van der Waals surface area contributed by atoms with E-state index in [9.17, 15) is 9.59 Å². The van der Waals surface area contributed by atoms with Crippen molar-refractivity contribution in [3.8, 4) is 0 Å². The van der Waals surface area contributed by atoms with E-state index in [1.165, 1.54) is 0 Å². The van der Waals surface area contributed by atoms with Crippen molar-refractivity contribution in [2.45, 2.75) is 6.92 Å². The van der Waals surface area contributed by atoms with Crippen LogP contribution in [-0.4, -0.2) is 16.6 Å². The molecule has 0 bridgehead atoms. The monoisotopic (exact) mass is 301 g/mol. The van der Waals surface area contributed by atoms with Crippen LogP contribution >= 0.6 is 0 Å². The Labute approximate surface area is 134 Å². The molecule has 0 aliphatic heterocycles. The van der Waals surface area contributed by atoms with Gasteiger partial charge < -0.3 is 0 Å². The van der Waals surface area contributed by atoms with Crippen LogP contribution in [0.4, 0.5) is 0 Å². The van der Waals surface area contributed by atoms with Crippen molar-refractivity contribution in [1.82, 2.24) is 4.98 Å². The molecule has 0 saturated carbocycles. The Kier molecular flexibility index (Phi) is 4.11. The van der Waals surface area contributed by atoms with Gasteiger partial charge in [0.05, 0.1) is 0 Å². The van der Waals surface area contributed by atoms with Gasteiger partial charge in [-0.1, -0.05) is 54.6 Å². The zero-order valence-electron chi connectivity index (χ0n) is 12.7. The molecule has 112 valence electrons. The summed E-state index contributed by atoms with van der Waals surface area (Å²) in [6, 6.07) is 19.8. The van der Waals surface area contributed by atoms with E-state index in [4.69, 9.17) is 0 Å². The third-order valence-corrected chi connectivity index (χ3v) is 3.65. The number of pyridine rings is 1. The summed E-state index contributed by atoms with van der Waals surface area (Å²) in [5.74, 6) is -0.128. The van der Waals surface area contributed by atoms with Crippen molar-refractivity contribution in [2.24, 2.45) is 0 Å². The molecule has 2 aromatic carbocycles. The molecule has 1 aliphatic carbocycles. The summed E-state index contributed by atoms with van der Waals surface area (Å²) in [6.07, 6.45) is 1.79. The highest BCUT2D eigenvalue weighted by Gasteiger charge is 2.28. The number of nitrogens with zero attached hydrogens (tertiary/aromatic N) is 1. The summed E-state index contributed by atoms with van der Waals surface area (Å²) in [6.45, 7) is 1.97. The quantitative estimate of drug-likeness (QED) is 0.495. The van der Waals surface area contributed by atoms with E-state index in [0.717, 1.165) is 5.69 Å². The number of carbonyl (C=O) groups excluding carboxylic acids is 2. The largest absolute Gasteiger partial charge is 0.289 e. The summed E-state index contributed by atoms with van der Waals surface area (Å²) in [4.78, 5) is 28.2. The first kappa shape index (κ1) is 14.9. The lowest BCUT2D eigenvalue weighted by Gasteiger charge is -2.16. The molecule has 3 heteroatoms. The van der Waals surface area contributed by atoms with Crippen molar-refractivity contribution in [1.29, 1.82) is 0 Å². The van der Waals surface area contributed by atoms with Crippen molar-refractivity contribution in [3.63, 3.8) is 0 Å². The van der Waals surface area contributed by atoms with Gasteiger partial charge in [-0.3, -0.25) is 14.6 Å². The van der Waals surface area contributed by atoms with Gasteiger partial charge in [0.25, 0.3) is 0 Å². The Morgan fingerprint density at radius 2 is 1.00 bits per heavy atom. The maximum atomic E-state index is 12.1. The Morgan fingerprint density at radius 3 is 1.26 bits per heavy atom. The second-order valence-electron chi connectivity index (χ2n) is 5.22. The second-order valence-corrected chi connectivity index (χ2v) is 5.22. The number of fused-ring (bicyclic) bond motifs is 2. The van der Waals surface area contributed by atoms with Gasteiger partial charge in [0, 0.05) is 34.1 Å². The van der Waals surface area contributed by atoms with Gasteiger partial charge in [0.15, 0.2) is 11.6 Å². The van der Waals surface area contributed by atoms with Crippen LogP contribution in [0.3, 0.4) is 0 Å². The number of carbonyl (C=O) groups is 2. The Morgan fingerprint density at radius 1 is 0.609 bits per heavy atom. The van der Waals surface area contributed by atoms with Gasteiger partial charge in [-0.25, -0.2) is 0 Å². The second kappa shape index (κ2) is 6.36. The van der Waals surface area contributed by atoms with Crippen LogP contribution < -0.4 is 0 Å². The van der Waals surface area contributed by atoms with Crippen LogP contribution in [-0.2, 0) is 0 Å². The molecule has 0 atom stereocenters. The molecule has 1 heterocycles. The topological polar surface area (TPSA) is 47.0 Å². The van der Waals surface area contributed by atoms with Crippen molar-refractivity contribution >= 4 is 11.6 Å². The van der Waals surface area contributed by atoms with Crippen molar-refractivity contribution in [3.05, 3.63) is 101 Å². The average molecular weight is 301 g/mol. The molecule has 0 N–H and O–H groups in total. The highest BCUT2D eigenvalue weighted by Crippen LogP contribution is 2.26. The molecule has 0 unspecified atom stereocenters. The van der Waals surface area contributed by atoms with Gasteiger partial charge in [-0.15, -0.1) is 0 Å². The predicted octanol–water partition coefficient (Wildman–Crippen LogP) is 3.85. The van der Waals surface area contributed by atoms with Gasteiger partial charge in [0.2, 0.25) is 0 Å². The fourth-order valence-corrected chi connectivity index (χ4v) is 2.50. The number of rotatable bonds is 0. The molecule has 3 aromatic rings. The summed E-state index contributed by atoms with van der Waals surface area (Å²) in [7, 11) is 0. The minimum atomic E-state index is -0.0641. The van der Waals surface area contributed by atoms with Crippen LogP contribution in [0.25, 0.3) is 0 Å². The molecule has 4 rings (SSSR count). The Hall–Kier alpha value is -3.07. The maximum absolute atomic E-state index is 12.1. The lowest BCUT2D eigenvalue weighted by atomic mass is 9.84. The van der Waals surface area contributed by atoms with Crippen LogP contribution in [0.1, 0.15) is 37.5 Å². The van der Waals surface area contributed by atoms with Crippen LogP contribution in [0.15, 0.2) is 72.9 Å². The van der Waals surface area contributed by atoms with Crippen LogP contribution in [0.2, 0.25) is 0 Å². The molecule has 1 aromatic heterocycles. The first-order chi connectivity index (χ1) is 11.2. The fourth-order valence-electron chi connectivity index (χ4n) is 2.50. The third kappa shape index (κ3) is 2.94. The SMILES string of the molecule is Cc1ccccn1.O=C1c2ccccc2C(=O)c2ccccc21. The molecular formula is C20H15NO2. The molecule has 0 amide bonds. The van der Waals surface area contributed by atoms with E-state index in [0.29, 0.717) is 22.3 Å². The smallest absolute Gasteiger partial charge is 0.194 e. The van der Waals surface area contributed by atoms with Gasteiger partial charge in [-0.05, 0) is 19.1 Å². The molecule has 23 heavy (non-hydrogen) atoms. The molecule has 3 nitrogen and oxygen atoms in total. The minimum absolute atomic E-state index is 0.0641. The van der Waals surface area contributed by atoms with E-state index in [-0.39, 0.29) is 11.6 Å². The molecule has 0 spiro atoms. The number of hydrogen-bond donors (Lipinski definition) is 0. The summed E-state index contributed by atoms with van der Waals surface area (Å²) < 4.78 is 0. The van der Waals surface area contributed by atoms with E-state index < -0.39 is 0 Å². The standard InChI is InChI=1S/C14H8O2.C6H7N/c15-13-9-5-1-2-6-10(9)14(16)12-8-4-3-7-11(12)13;1-6-4-2-3-5-7-6/h1-8H;2-5H,1H3. The first-order valence-corrected chi connectivity index (χ1v) is 7.33. The van der Waals surface area contributed by atoms with Gasteiger partial charge in [-0.2, -0.15) is 0 Å². The van der Waals surface area contributed by atoms with Gasteiger partial charge >= 0.3 is 0 Å². The lowest BCUT2D eigenvalue weighted by molar-refractivity contribution is 0.0979. The highest BCUT2D eigenvalue weighted by molar-refractivity contribution is 6.28. The Bertz CT molecular complexity index is 764. The molecule has 0 fully saturated rings. The molecule has 1 aliphatic rings. The fraction of sp³-hybridized carbons (Fsp3) is 0.0500. The third-order valence-electron chi connectivity index (χ3n) is 3.65. The first-order valence-electron chi connectivity index (χ1n) is 7.33. The average Bonchev–Trinajstić information content (AvgIpc) is 2.61. The number of benzene rings is 2. The zero-order valence-corrected chi connectivity index (χ0v) is 12.7. The number of aromatic nitrogens is 1. The van der Waals surface area contributed by atoms with E-state index in [1.54, 1.807) is 54.7 Å². The van der Waals surface area contributed by atoms with Crippen LogP contribution in [0, 0.1) is 6.92 Å². The minimum Gasteiger partial charge on any atom is -0.289 e. The maximum Gasteiger partial charge on any atom is 0.194 e. The normalized spacial score (nSPS) is 11.9.